The molecule has 3 heterocycles. The molecule has 0 fully saturated rings. The van der Waals surface area contributed by atoms with Gasteiger partial charge >= 0.3 is 5.76 Å². The monoisotopic (exact) mass is 382 g/mol. The molecule has 4 aromatic rings. The second kappa shape index (κ2) is 5.92. The topological polar surface area (TPSA) is 121 Å². The van der Waals surface area contributed by atoms with Crippen molar-refractivity contribution in [1.82, 2.24) is 20.3 Å². The summed E-state index contributed by atoms with van der Waals surface area (Å²) in [5, 5.41) is 3.35. The van der Waals surface area contributed by atoms with E-state index in [1.165, 1.54) is 16.2 Å². The van der Waals surface area contributed by atoms with E-state index in [4.69, 9.17) is 4.42 Å². The SMILES string of the molecule is O=C(NCc1ccc2[nH]c(=O)oc2c1)c1nc2sc3c(c2c(=O)[nH]1)CCC3. The molecule has 27 heavy (non-hydrogen) atoms. The van der Waals surface area contributed by atoms with Gasteiger partial charge in [0.05, 0.1) is 10.9 Å². The summed E-state index contributed by atoms with van der Waals surface area (Å²) in [5.41, 5.74) is 2.60. The maximum Gasteiger partial charge on any atom is 0.417 e. The van der Waals surface area contributed by atoms with Crippen LogP contribution in [0.15, 0.2) is 32.2 Å². The number of aromatic nitrogens is 3. The predicted octanol–water partition coefficient (Wildman–Crippen LogP) is 1.84. The molecule has 9 heteroatoms. The van der Waals surface area contributed by atoms with E-state index >= 15 is 0 Å². The maximum absolute atomic E-state index is 12.4. The van der Waals surface area contributed by atoms with Crippen molar-refractivity contribution < 1.29 is 9.21 Å². The highest BCUT2D eigenvalue weighted by molar-refractivity contribution is 7.18. The highest BCUT2D eigenvalue weighted by Crippen LogP contribution is 2.34. The number of amides is 1. The zero-order valence-electron chi connectivity index (χ0n) is 14.0. The first-order chi connectivity index (χ1) is 13.1. The predicted molar refractivity (Wildman–Crippen MR) is 100 cm³/mol. The molecule has 1 aromatic carbocycles. The zero-order valence-corrected chi connectivity index (χ0v) is 14.9. The van der Waals surface area contributed by atoms with Crippen molar-refractivity contribution in [3.63, 3.8) is 0 Å². The van der Waals surface area contributed by atoms with Crippen molar-refractivity contribution in [3.05, 3.63) is 60.9 Å². The number of rotatable bonds is 3. The third-order valence-corrected chi connectivity index (χ3v) is 5.91. The smallest absolute Gasteiger partial charge is 0.408 e. The van der Waals surface area contributed by atoms with Crippen LogP contribution in [-0.2, 0) is 19.4 Å². The number of nitrogens with one attached hydrogen (secondary N) is 3. The Bertz CT molecular complexity index is 1330. The average molecular weight is 382 g/mol. The largest absolute Gasteiger partial charge is 0.417 e. The molecule has 0 spiro atoms. The summed E-state index contributed by atoms with van der Waals surface area (Å²) in [5.74, 6) is -0.982. The summed E-state index contributed by atoms with van der Waals surface area (Å²) < 4.78 is 5.01. The number of oxazole rings is 1. The molecule has 1 aliphatic rings. The van der Waals surface area contributed by atoms with Crippen molar-refractivity contribution >= 4 is 38.6 Å². The van der Waals surface area contributed by atoms with Crippen LogP contribution in [0.4, 0.5) is 0 Å². The number of nitrogens with zero attached hydrogens (tertiary/aromatic N) is 1. The van der Waals surface area contributed by atoms with Crippen LogP contribution in [0.3, 0.4) is 0 Å². The number of aryl methyl sites for hydroxylation is 2. The van der Waals surface area contributed by atoms with Crippen LogP contribution in [0, 0.1) is 0 Å². The molecular weight excluding hydrogens is 368 g/mol. The molecule has 0 saturated carbocycles. The molecule has 3 aromatic heterocycles. The Kier molecular flexibility index (Phi) is 3.51. The van der Waals surface area contributed by atoms with Gasteiger partial charge in [-0.2, -0.15) is 0 Å². The quantitative estimate of drug-likeness (QED) is 0.499. The van der Waals surface area contributed by atoms with E-state index in [0.717, 1.165) is 30.4 Å². The molecule has 8 nitrogen and oxygen atoms in total. The van der Waals surface area contributed by atoms with Gasteiger partial charge in [0.25, 0.3) is 11.5 Å². The zero-order chi connectivity index (χ0) is 18.5. The fourth-order valence-electron chi connectivity index (χ4n) is 3.48. The first-order valence-corrected chi connectivity index (χ1v) is 9.34. The fourth-order valence-corrected chi connectivity index (χ4v) is 4.74. The summed E-state index contributed by atoms with van der Waals surface area (Å²) in [6.45, 7) is 0.215. The van der Waals surface area contributed by atoms with Crippen LogP contribution in [0.1, 0.15) is 33.0 Å². The van der Waals surface area contributed by atoms with Gasteiger partial charge in [-0.25, -0.2) is 9.78 Å². The lowest BCUT2D eigenvalue weighted by Gasteiger charge is -2.05. The van der Waals surface area contributed by atoms with Gasteiger partial charge in [0.2, 0.25) is 5.82 Å². The number of fused-ring (bicyclic) bond motifs is 4. The molecule has 0 bridgehead atoms. The number of aromatic amines is 2. The Morgan fingerprint density at radius 3 is 3.04 bits per heavy atom. The van der Waals surface area contributed by atoms with Crippen molar-refractivity contribution in [2.24, 2.45) is 0 Å². The van der Waals surface area contributed by atoms with Crippen molar-refractivity contribution in [3.8, 4) is 0 Å². The molecule has 0 saturated heterocycles. The van der Waals surface area contributed by atoms with E-state index in [-0.39, 0.29) is 17.9 Å². The van der Waals surface area contributed by atoms with Crippen molar-refractivity contribution in [2.75, 3.05) is 0 Å². The number of carbonyl (C=O) groups excluding carboxylic acids is 1. The molecule has 0 atom stereocenters. The molecule has 0 radical (unpaired) electrons. The number of hydrogen-bond acceptors (Lipinski definition) is 6. The number of benzene rings is 1. The summed E-state index contributed by atoms with van der Waals surface area (Å²) >= 11 is 1.49. The average Bonchev–Trinajstić information content (AvgIpc) is 3.31. The third-order valence-electron chi connectivity index (χ3n) is 4.73. The van der Waals surface area contributed by atoms with Crippen LogP contribution in [0.25, 0.3) is 21.3 Å². The molecule has 3 N–H and O–H groups in total. The van der Waals surface area contributed by atoms with Gasteiger partial charge in [-0.15, -0.1) is 11.3 Å². The van der Waals surface area contributed by atoms with Crippen LogP contribution in [0.2, 0.25) is 0 Å². The fraction of sp³-hybridized carbons (Fsp3) is 0.222. The number of hydrogen-bond donors (Lipinski definition) is 3. The van der Waals surface area contributed by atoms with E-state index in [1.807, 2.05) is 0 Å². The maximum atomic E-state index is 12.4. The number of H-pyrrole nitrogens is 2. The van der Waals surface area contributed by atoms with Gasteiger partial charge < -0.3 is 14.7 Å². The van der Waals surface area contributed by atoms with Crippen LogP contribution in [-0.4, -0.2) is 20.9 Å². The summed E-state index contributed by atoms with van der Waals surface area (Å²) in [7, 11) is 0. The highest BCUT2D eigenvalue weighted by Gasteiger charge is 2.22. The lowest BCUT2D eigenvalue weighted by Crippen LogP contribution is -2.27. The lowest BCUT2D eigenvalue weighted by atomic mass is 10.2. The molecule has 0 unspecified atom stereocenters. The first-order valence-electron chi connectivity index (χ1n) is 8.53. The highest BCUT2D eigenvalue weighted by atomic mass is 32.1. The minimum Gasteiger partial charge on any atom is -0.408 e. The lowest BCUT2D eigenvalue weighted by molar-refractivity contribution is 0.0940. The minimum atomic E-state index is -0.524. The van der Waals surface area contributed by atoms with Gasteiger partial charge in [-0.3, -0.25) is 14.6 Å². The van der Waals surface area contributed by atoms with Gasteiger partial charge in [0.1, 0.15) is 4.83 Å². The van der Waals surface area contributed by atoms with Crippen LogP contribution >= 0.6 is 11.3 Å². The molecule has 1 aliphatic carbocycles. The Hall–Kier alpha value is -3.20. The molecule has 0 aliphatic heterocycles. The second-order valence-corrected chi connectivity index (χ2v) is 7.56. The van der Waals surface area contributed by atoms with Crippen molar-refractivity contribution in [1.29, 1.82) is 0 Å². The normalized spacial score (nSPS) is 13.3. The standard InChI is InChI=1S/C18H14N4O4S/c23-15-13-9-2-1-3-12(9)27-17(13)22-14(21-15)16(24)19-7-8-4-5-10-11(6-8)26-18(25)20-10/h4-6H,1-3,7H2,(H,19,24)(H,20,25)(H,21,22,23). The van der Waals surface area contributed by atoms with E-state index in [9.17, 15) is 14.4 Å². The Labute approximate surface area is 155 Å². The van der Waals surface area contributed by atoms with Crippen LogP contribution in [0.5, 0.6) is 0 Å². The van der Waals surface area contributed by atoms with Gasteiger partial charge in [-0.1, -0.05) is 6.07 Å². The molecular formula is C18H14N4O4S. The minimum absolute atomic E-state index is 0.00155. The van der Waals surface area contributed by atoms with E-state index in [0.29, 0.717) is 21.3 Å². The third kappa shape index (κ3) is 2.67. The van der Waals surface area contributed by atoms with E-state index in [1.54, 1.807) is 18.2 Å². The van der Waals surface area contributed by atoms with Gasteiger partial charge in [-0.05, 0) is 42.5 Å². The Morgan fingerprint density at radius 1 is 1.26 bits per heavy atom. The first kappa shape index (κ1) is 16.0. The van der Waals surface area contributed by atoms with E-state index in [2.05, 4.69) is 20.3 Å². The van der Waals surface area contributed by atoms with Gasteiger partial charge in [0, 0.05) is 11.4 Å². The Morgan fingerprint density at radius 2 is 2.15 bits per heavy atom. The number of carbonyl (C=O) groups is 1. The number of thiophene rings is 1. The molecule has 5 rings (SSSR count). The molecule has 136 valence electrons. The van der Waals surface area contributed by atoms with Crippen LogP contribution < -0.4 is 16.6 Å². The van der Waals surface area contributed by atoms with E-state index < -0.39 is 11.7 Å². The van der Waals surface area contributed by atoms with Crippen molar-refractivity contribution in [2.45, 2.75) is 25.8 Å². The molecule has 1 amide bonds. The summed E-state index contributed by atoms with van der Waals surface area (Å²) in [6, 6.07) is 5.16. The second-order valence-electron chi connectivity index (χ2n) is 6.48. The summed E-state index contributed by atoms with van der Waals surface area (Å²) in [4.78, 5) is 47.4. The summed E-state index contributed by atoms with van der Waals surface area (Å²) in [6.07, 6.45) is 2.92. The Balaban J connectivity index is 1.40. The van der Waals surface area contributed by atoms with Gasteiger partial charge in [0.15, 0.2) is 5.58 Å².